The number of alkyl halides is 6. The van der Waals surface area contributed by atoms with Gasteiger partial charge in [0.25, 0.3) is 5.91 Å². The summed E-state index contributed by atoms with van der Waals surface area (Å²) in [6.45, 7) is 2.16. The number of rotatable bonds is 10. The summed E-state index contributed by atoms with van der Waals surface area (Å²) >= 11 is 0. The van der Waals surface area contributed by atoms with Crippen molar-refractivity contribution in [3.05, 3.63) is 70.8 Å². The molecule has 2 aromatic rings. The standard InChI is InChI=1S/C27H30F6N2O4/c1-2-38-12-13-39-23(36)18-34-25(17-19-8-4-3-5-9-19)10-6-7-11-35(25)24(37)20-14-21(26(28,29)30)16-22(15-20)27(31,32)33/h3-5,8-9,14-16,34H,2,6-7,10-13,17-18H2,1H3/t25-/m1/s1. The third kappa shape index (κ3) is 8.18. The summed E-state index contributed by atoms with van der Waals surface area (Å²) in [5.74, 6) is -1.64. The van der Waals surface area contributed by atoms with Gasteiger partial charge in [0.15, 0.2) is 0 Å². The van der Waals surface area contributed by atoms with Crippen LogP contribution in [-0.4, -0.2) is 55.3 Å². The van der Waals surface area contributed by atoms with E-state index in [0.29, 0.717) is 38.0 Å². The molecule has 12 heteroatoms. The highest BCUT2D eigenvalue weighted by Gasteiger charge is 2.44. The molecule has 1 aliphatic heterocycles. The fraction of sp³-hybridized carbons (Fsp3) is 0.481. The average Bonchev–Trinajstić information content (AvgIpc) is 2.89. The van der Waals surface area contributed by atoms with Crippen LogP contribution in [0, 0.1) is 0 Å². The minimum Gasteiger partial charge on any atom is -0.462 e. The number of ether oxygens (including phenoxy) is 2. The van der Waals surface area contributed by atoms with Crippen molar-refractivity contribution in [3.63, 3.8) is 0 Å². The second-order valence-corrected chi connectivity index (χ2v) is 9.17. The third-order valence-electron chi connectivity index (χ3n) is 6.41. The number of piperidine rings is 1. The molecule has 1 heterocycles. The first kappa shape index (κ1) is 30.4. The van der Waals surface area contributed by atoms with Crippen molar-refractivity contribution in [1.29, 1.82) is 0 Å². The van der Waals surface area contributed by atoms with Gasteiger partial charge in [0.1, 0.15) is 6.61 Å². The first-order valence-corrected chi connectivity index (χ1v) is 12.5. The molecule has 3 rings (SSSR count). The molecule has 2 aromatic carbocycles. The third-order valence-corrected chi connectivity index (χ3v) is 6.41. The smallest absolute Gasteiger partial charge is 0.416 e. The molecule has 0 bridgehead atoms. The zero-order valence-electron chi connectivity index (χ0n) is 21.3. The maximum Gasteiger partial charge on any atom is 0.416 e. The molecule has 1 amide bonds. The Bertz CT molecular complexity index is 1090. The second kappa shape index (κ2) is 12.8. The summed E-state index contributed by atoms with van der Waals surface area (Å²) in [6, 6.07) is 9.74. The van der Waals surface area contributed by atoms with Crippen LogP contribution in [0.4, 0.5) is 26.3 Å². The van der Waals surface area contributed by atoms with Crippen LogP contribution >= 0.6 is 0 Å². The van der Waals surface area contributed by atoms with Crippen LogP contribution in [-0.2, 0) is 33.0 Å². The van der Waals surface area contributed by atoms with E-state index in [9.17, 15) is 35.9 Å². The average molecular weight is 561 g/mol. The van der Waals surface area contributed by atoms with Gasteiger partial charge in [-0.15, -0.1) is 0 Å². The van der Waals surface area contributed by atoms with Crippen molar-refractivity contribution >= 4 is 11.9 Å². The Labute approximate surface area is 222 Å². The lowest BCUT2D eigenvalue weighted by Gasteiger charge is -2.48. The highest BCUT2D eigenvalue weighted by Crippen LogP contribution is 2.38. The van der Waals surface area contributed by atoms with Gasteiger partial charge in [-0.05, 0) is 49.9 Å². The van der Waals surface area contributed by atoms with E-state index in [2.05, 4.69) is 5.32 Å². The van der Waals surface area contributed by atoms with Crippen molar-refractivity contribution in [1.82, 2.24) is 10.2 Å². The van der Waals surface area contributed by atoms with Crippen LogP contribution in [0.3, 0.4) is 0 Å². The largest absolute Gasteiger partial charge is 0.462 e. The minimum absolute atomic E-state index is 0.00708. The Kier molecular flexibility index (Phi) is 10.0. The molecular weight excluding hydrogens is 530 g/mol. The number of nitrogens with zero attached hydrogens (tertiary/aromatic N) is 1. The molecule has 6 nitrogen and oxygen atoms in total. The number of halogens is 6. The van der Waals surface area contributed by atoms with Crippen LogP contribution < -0.4 is 5.32 Å². The number of esters is 1. The maximum atomic E-state index is 13.7. The lowest BCUT2D eigenvalue weighted by molar-refractivity contribution is -0.145. The topological polar surface area (TPSA) is 67.9 Å². The number of hydrogen-bond acceptors (Lipinski definition) is 5. The van der Waals surface area contributed by atoms with Gasteiger partial charge >= 0.3 is 18.3 Å². The van der Waals surface area contributed by atoms with E-state index >= 15 is 0 Å². The molecule has 0 aliphatic carbocycles. The Balaban J connectivity index is 1.98. The quantitative estimate of drug-likeness (QED) is 0.238. The number of carbonyl (C=O) groups excluding carboxylic acids is 2. The van der Waals surface area contributed by atoms with E-state index < -0.39 is 46.6 Å². The normalized spacial score (nSPS) is 18.2. The molecule has 39 heavy (non-hydrogen) atoms. The SMILES string of the molecule is CCOCCOC(=O)CN[C@]1(Cc2ccccc2)CCCCN1C(=O)c1cc(C(F)(F)F)cc(C(F)(F)F)c1. The van der Waals surface area contributed by atoms with Gasteiger partial charge in [0.05, 0.1) is 29.9 Å². The van der Waals surface area contributed by atoms with Crippen LogP contribution in [0.2, 0.25) is 0 Å². The van der Waals surface area contributed by atoms with Crippen LogP contribution in [0.25, 0.3) is 0 Å². The zero-order valence-corrected chi connectivity index (χ0v) is 21.3. The zero-order chi connectivity index (χ0) is 28.7. The minimum atomic E-state index is -5.09. The van der Waals surface area contributed by atoms with Crippen LogP contribution in [0.15, 0.2) is 48.5 Å². The molecule has 1 N–H and O–H groups in total. The molecule has 0 radical (unpaired) electrons. The number of amides is 1. The Morgan fingerprint density at radius 1 is 0.949 bits per heavy atom. The lowest BCUT2D eigenvalue weighted by atomic mass is 9.87. The van der Waals surface area contributed by atoms with Crippen molar-refractivity contribution in [2.75, 3.05) is 32.9 Å². The van der Waals surface area contributed by atoms with Crippen LogP contribution in [0.1, 0.15) is 53.2 Å². The summed E-state index contributed by atoms with van der Waals surface area (Å²) in [5, 5.41) is 3.06. The highest BCUT2D eigenvalue weighted by molar-refractivity contribution is 5.95. The Hall–Kier alpha value is -3.12. The summed E-state index contributed by atoms with van der Waals surface area (Å²) < 4.78 is 91.1. The molecular formula is C27H30F6N2O4. The Morgan fingerprint density at radius 2 is 1.59 bits per heavy atom. The number of hydrogen-bond donors (Lipinski definition) is 1. The summed E-state index contributed by atoms with van der Waals surface area (Å²) in [4.78, 5) is 27.3. The summed E-state index contributed by atoms with van der Waals surface area (Å²) in [5.41, 5.74) is -4.39. The fourth-order valence-corrected chi connectivity index (χ4v) is 4.58. The van der Waals surface area contributed by atoms with Gasteiger partial charge in [0, 0.05) is 25.1 Å². The van der Waals surface area contributed by atoms with Crippen molar-refractivity contribution in [3.8, 4) is 0 Å². The van der Waals surface area contributed by atoms with E-state index in [1.54, 1.807) is 37.3 Å². The Morgan fingerprint density at radius 3 is 2.18 bits per heavy atom. The lowest BCUT2D eigenvalue weighted by Crippen LogP contribution is -2.65. The van der Waals surface area contributed by atoms with Gasteiger partial charge in [0.2, 0.25) is 0 Å². The highest BCUT2D eigenvalue weighted by atomic mass is 19.4. The van der Waals surface area contributed by atoms with E-state index in [0.717, 1.165) is 5.56 Å². The number of benzene rings is 2. The van der Waals surface area contributed by atoms with Crippen molar-refractivity contribution in [2.45, 2.75) is 50.6 Å². The monoisotopic (exact) mass is 560 g/mol. The molecule has 1 aliphatic rings. The van der Waals surface area contributed by atoms with Gasteiger partial charge < -0.3 is 14.4 Å². The van der Waals surface area contributed by atoms with Gasteiger partial charge in [-0.3, -0.25) is 14.9 Å². The van der Waals surface area contributed by atoms with E-state index in [4.69, 9.17) is 9.47 Å². The molecule has 214 valence electrons. The number of likely N-dealkylation sites (tertiary alicyclic amines) is 1. The van der Waals surface area contributed by atoms with Crippen molar-refractivity contribution in [2.24, 2.45) is 0 Å². The summed E-state index contributed by atoms with van der Waals surface area (Å²) in [7, 11) is 0. The van der Waals surface area contributed by atoms with Gasteiger partial charge in [-0.1, -0.05) is 30.3 Å². The van der Waals surface area contributed by atoms with E-state index in [1.165, 1.54) is 4.90 Å². The van der Waals surface area contributed by atoms with Crippen molar-refractivity contribution < 1.29 is 45.4 Å². The first-order chi connectivity index (χ1) is 18.4. The summed E-state index contributed by atoms with van der Waals surface area (Å²) in [6.07, 6.45) is -8.62. The molecule has 1 saturated heterocycles. The first-order valence-electron chi connectivity index (χ1n) is 12.5. The van der Waals surface area contributed by atoms with Crippen LogP contribution in [0.5, 0.6) is 0 Å². The fourth-order valence-electron chi connectivity index (χ4n) is 4.58. The molecule has 0 aromatic heterocycles. The second-order valence-electron chi connectivity index (χ2n) is 9.17. The predicted octanol–water partition coefficient (Wildman–Crippen LogP) is 5.46. The predicted molar refractivity (Wildman–Crippen MR) is 130 cm³/mol. The maximum absolute atomic E-state index is 13.7. The number of carbonyl (C=O) groups is 2. The van der Waals surface area contributed by atoms with E-state index in [1.807, 2.05) is 0 Å². The molecule has 0 unspecified atom stereocenters. The number of nitrogens with one attached hydrogen (secondary N) is 1. The molecule has 0 saturated carbocycles. The molecule has 0 spiro atoms. The molecule has 1 atom stereocenters. The van der Waals surface area contributed by atoms with Gasteiger partial charge in [-0.2, -0.15) is 26.3 Å². The molecule has 1 fully saturated rings. The van der Waals surface area contributed by atoms with Gasteiger partial charge in [-0.25, -0.2) is 0 Å². The van der Waals surface area contributed by atoms with E-state index in [-0.39, 0.29) is 38.8 Å².